The third-order valence-electron chi connectivity index (χ3n) is 3.23. The number of hydrogen-bond donors (Lipinski definition) is 1. The molecular formula is C14H15N5S. The molecule has 0 amide bonds. The molecule has 20 heavy (non-hydrogen) atoms. The van der Waals surface area contributed by atoms with Gasteiger partial charge < -0.3 is 10.3 Å². The number of nitrogens with two attached hydrogens (primary N) is 1. The monoisotopic (exact) mass is 285 g/mol. The molecule has 0 aromatic carbocycles. The van der Waals surface area contributed by atoms with Gasteiger partial charge in [-0.2, -0.15) is 10.5 Å². The summed E-state index contributed by atoms with van der Waals surface area (Å²) in [7, 11) is 0. The molecule has 0 spiro atoms. The predicted molar refractivity (Wildman–Crippen MR) is 77.1 cm³/mol. The lowest BCUT2D eigenvalue weighted by Crippen LogP contribution is -2.32. The summed E-state index contributed by atoms with van der Waals surface area (Å²) in [5.74, 6) is 0. The predicted octanol–water partition coefficient (Wildman–Crippen LogP) is 2.32. The molecule has 2 atom stereocenters. The highest BCUT2D eigenvalue weighted by atomic mass is 32.1. The van der Waals surface area contributed by atoms with Crippen molar-refractivity contribution in [3.63, 3.8) is 0 Å². The highest BCUT2D eigenvalue weighted by molar-refractivity contribution is 7.12. The van der Waals surface area contributed by atoms with E-state index in [-0.39, 0.29) is 23.5 Å². The van der Waals surface area contributed by atoms with Crippen LogP contribution in [0.3, 0.4) is 0 Å². The van der Waals surface area contributed by atoms with Gasteiger partial charge in [0.2, 0.25) is 0 Å². The van der Waals surface area contributed by atoms with Crippen molar-refractivity contribution in [2.45, 2.75) is 32.4 Å². The zero-order valence-corrected chi connectivity index (χ0v) is 12.2. The lowest BCUT2D eigenvalue weighted by atomic mass is 10.0. The molecule has 0 aliphatic rings. The fraction of sp³-hybridized carbons (Fsp3) is 0.357. The van der Waals surface area contributed by atoms with E-state index in [1.807, 2.05) is 32.0 Å². The number of thiophene rings is 1. The van der Waals surface area contributed by atoms with E-state index in [2.05, 4.69) is 11.1 Å². The van der Waals surface area contributed by atoms with Gasteiger partial charge in [-0.15, -0.1) is 11.3 Å². The SMILES string of the molecule is CCC(N)C(c1ccc(C)s1)n1cnc(C#N)c1C#N. The maximum atomic E-state index is 9.28. The second-order valence-electron chi connectivity index (χ2n) is 4.54. The van der Waals surface area contributed by atoms with Gasteiger partial charge in [-0.1, -0.05) is 6.92 Å². The van der Waals surface area contributed by atoms with Gasteiger partial charge in [0, 0.05) is 15.8 Å². The first kappa shape index (κ1) is 14.3. The summed E-state index contributed by atoms with van der Waals surface area (Å²) in [4.78, 5) is 6.27. The molecule has 0 saturated carbocycles. The first-order chi connectivity index (χ1) is 9.62. The number of nitriles is 2. The third kappa shape index (κ3) is 2.44. The molecule has 2 aromatic rings. The molecule has 0 aliphatic carbocycles. The van der Waals surface area contributed by atoms with Crippen molar-refractivity contribution < 1.29 is 0 Å². The Hall–Kier alpha value is -2.15. The maximum absolute atomic E-state index is 9.28. The Bertz CT molecular complexity index is 685. The van der Waals surface area contributed by atoms with Crippen LogP contribution < -0.4 is 5.73 Å². The van der Waals surface area contributed by atoms with Crippen LogP contribution in [0.25, 0.3) is 0 Å². The minimum atomic E-state index is -0.164. The van der Waals surface area contributed by atoms with Gasteiger partial charge in [-0.05, 0) is 25.5 Å². The molecule has 2 heterocycles. The Balaban J connectivity index is 2.56. The highest BCUT2D eigenvalue weighted by Crippen LogP contribution is 2.30. The van der Waals surface area contributed by atoms with Crippen molar-refractivity contribution in [2.75, 3.05) is 0 Å². The van der Waals surface area contributed by atoms with Gasteiger partial charge in [-0.25, -0.2) is 4.98 Å². The molecule has 0 bridgehead atoms. The molecule has 2 aromatic heterocycles. The normalized spacial score (nSPS) is 13.4. The van der Waals surface area contributed by atoms with Crippen molar-refractivity contribution in [3.05, 3.63) is 39.6 Å². The molecule has 2 unspecified atom stereocenters. The number of hydrogen-bond acceptors (Lipinski definition) is 5. The van der Waals surface area contributed by atoms with E-state index in [0.29, 0.717) is 0 Å². The van der Waals surface area contributed by atoms with E-state index in [4.69, 9.17) is 11.0 Å². The van der Waals surface area contributed by atoms with Gasteiger partial charge in [0.15, 0.2) is 11.4 Å². The Labute approximate surface area is 121 Å². The summed E-state index contributed by atoms with van der Waals surface area (Å²) >= 11 is 1.65. The van der Waals surface area contributed by atoms with Crippen molar-refractivity contribution in [1.82, 2.24) is 9.55 Å². The van der Waals surface area contributed by atoms with E-state index in [9.17, 15) is 5.26 Å². The molecule has 0 radical (unpaired) electrons. The molecule has 102 valence electrons. The Morgan fingerprint density at radius 2 is 2.15 bits per heavy atom. The van der Waals surface area contributed by atoms with Crippen LogP contribution in [0.15, 0.2) is 18.5 Å². The van der Waals surface area contributed by atoms with Crippen LogP contribution in [0.2, 0.25) is 0 Å². The van der Waals surface area contributed by atoms with Crippen LogP contribution in [-0.2, 0) is 0 Å². The average molecular weight is 285 g/mol. The number of aryl methyl sites for hydroxylation is 1. The first-order valence-corrected chi connectivity index (χ1v) is 7.13. The summed E-state index contributed by atoms with van der Waals surface area (Å²) < 4.78 is 1.72. The molecule has 2 rings (SSSR count). The summed E-state index contributed by atoms with van der Waals surface area (Å²) in [6.45, 7) is 4.04. The molecule has 6 heteroatoms. The summed E-state index contributed by atoms with van der Waals surface area (Å²) in [6.07, 6.45) is 2.30. The number of aromatic nitrogens is 2. The smallest absolute Gasteiger partial charge is 0.176 e. The topological polar surface area (TPSA) is 91.4 Å². The van der Waals surface area contributed by atoms with Crippen LogP contribution in [0, 0.1) is 29.6 Å². The third-order valence-corrected chi connectivity index (χ3v) is 4.31. The van der Waals surface area contributed by atoms with Gasteiger partial charge in [-0.3, -0.25) is 0 Å². The second kappa shape index (κ2) is 5.87. The highest BCUT2D eigenvalue weighted by Gasteiger charge is 2.25. The van der Waals surface area contributed by atoms with Crippen molar-refractivity contribution in [1.29, 1.82) is 10.5 Å². The fourth-order valence-corrected chi connectivity index (χ4v) is 3.21. The molecule has 5 nitrogen and oxygen atoms in total. The maximum Gasteiger partial charge on any atom is 0.176 e. The first-order valence-electron chi connectivity index (χ1n) is 6.31. The molecule has 2 N–H and O–H groups in total. The van der Waals surface area contributed by atoms with Crippen LogP contribution in [0.4, 0.5) is 0 Å². The van der Waals surface area contributed by atoms with Crippen LogP contribution in [-0.4, -0.2) is 15.6 Å². The largest absolute Gasteiger partial charge is 0.326 e. The zero-order chi connectivity index (χ0) is 14.7. The van der Waals surface area contributed by atoms with Crippen molar-refractivity contribution >= 4 is 11.3 Å². The van der Waals surface area contributed by atoms with Gasteiger partial charge in [0.25, 0.3) is 0 Å². The lowest BCUT2D eigenvalue weighted by Gasteiger charge is -2.23. The fourth-order valence-electron chi connectivity index (χ4n) is 2.15. The average Bonchev–Trinajstić information content (AvgIpc) is 3.05. The second-order valence-corrected chi connectivity index (χ2v) is 5.86. The number of rotatable bonds is 4. The lowest BCUT2D eigenvalue weighted by molar-refractivity contribution is 0.462. The van der Waals surface area contributed by atoms with E-state index in [1.54, 1.807) is 15.9 Å². The summed E-state index contributed by atoms with van der Waals surface area (Å²) in [6, 6.07) is 7.75. The van der Waals surface area contributed by atoms with E-state index < -0.39 is 0 Å². The van der Waals surface area contributed by atoms with Gasteiger partial charge in [0.1, 0.15) is 12.1 Å². The Kier molecular flexibility index (Phi) is 4.19. The summed E-state index contributed by atoms with van der Waals surface area (Å²) in [5, 5.41) is 18.3. The molecule has 0 aliphatic heterocycles. The number of nitrogens with zero attached hydrogens (tertiary/aromatic N) is 4. The molecule has 0 saturated heterocycles. The van der Waals surface area contributed by atoms with Crippen LogP contribution >= 0.6 is 11.3 Å². The zero-order valence-electron chi connectivity index (χ0n) is 11.4. The standard InChI is InChI=1S/C14H15N5S/c1-3-10(17)14(13-5-4-9(2)20-13)19-8-18-11(6-15)12(19)7-16/h4-5,8,10,14H,3,17H2,1-2H3. The van der Waals surface area contributed by atoms with Gasteiger partial charge >= 0.3 is 0 Å². The van der Waals surface area contributed by atoms with E-state index in [0.717, 1.165) is 11.3 Å². The van der Waals surface area contributed by atoms with Gasteiger partial charge in [0.05, 0.1) is 12.4 Å². The van der Waals surface area contributed by atoms with Crippen LogP contribution in [0.1, 0.15) is 40.5 Å². The van der Waals surface area contributed by atoms with E-state index >= 15 is 0 Å². The quantitative estimate of drug-likeness (QED) is 0.933. The van der Waals surface area contributed by atoms with E-state index in [1.165, 1.54) is 11.2 Å². The number of imidazole rings is 1. The minimum Gasteiger partial charge on any atom is -0.326 e. The Morgan fingerprint density at radius 3 is 2.65 bits per heavy atom. The molecule has 0 fully saturated rings. The van der Waals surface area contributed by atoms with Crippen molar-refractivity contribution in [2.24, 2.45) is 5.73 Å². The van der Waals surface area contributed by atoms with Crippen LogP contribution in [0.5, 0.6) is 0 Å². The minimum absolute atomic E-state index is 0.138. The van der Waals surface area contributed by atoms with Crippen molar-refractivity contribution in [3.8, 4) is 12.1 Å². The Morgan fingerprint density at radius 1 is 1.40 bits per heavy atom. The summed E-state index contributed by atoms with van der Waals surface area (Å²) in [5.41, 5.74) is 6.65. The molecular weight excluding hydrogens is 270 g/mol.